The van der Waals surface area contributed by atoms with Crippen molar-refractivity contribution in [1.82, 2.24) is 24.1 Å². The zero-order valence-electron chi connectivity index (χ0n) is 40.9. The number of para-hydroxylation sites is 3. The number of benzene rings is 11. The summed E-state index contributed by atoms with van der Waals surface area (Å²) < 4.78 is 4.63. The average molecular weight is 974 g/mol. The van der Waals surface area contributed by atoms with Gasteiger partial charge in [-0.15, -0.1) is 0 Å². The smallest absolute Gasteiger partial charge is 0.238 e. The molecule has 0 aliphatic rings. The predicted octanol–water partition coefficient (Wildman–Crippen LogP) is 14.1. The summed E-state index contributed by atoms with van der Waals surface area (Å²) in [4.78, 5) is 16.9. The van der Waals surface area contributed by atoms with Gasteiger partial charge in [0.25, 0.3) is 0 Å². The molecule has 6 heteroatoms. The maximum Gasteiger partial charge on any atom is 0.238 e. The highest BCUT2D eigenvalue weighted by atomic mass is 28.3. The fourth-order valence-corrected chi connectivity index (χ4v) is 16.5. The molecule has 352 valence electrons. The second kappa shape index (κ2) is 18.4. The molecule has 0 aliphatic carbocycles. The quantitative estimate of drug-likeness (QED) is 0.101. The van der Waals surface area contributed by atoms with E-state index in [-0.39, 0.29) is 0 Å². The van der Waals surface area contributed by atoms with Crippen molar-refractivity contribution in [2.75, 3.05) is 0 Å². The first-order valence-electron chi connectivity index (χ1n) is 25.5. The Balaban J connectivity index is 1.06. The fourth-order valence-electron chi connectivity index (χ4n) is 11.7. The predicted molar refractivity (Wildman–Crippen MR) is 314 cm³/mol. The minimum Gasteiger partial charge on any atom is -0.309 e. The van der Waals surface area contributed by atoms with Crippen LogP contribution >= 0.6 is 0 Å². The van der Waals surface area contributed by atoms with Crippen LogP contribution in [0.5, 0.6) is 0 Å². The summed E-state index contributed by atoms with van der Waals surface area (Å²) in [7, 11) is -2.93. The van der Waals surface area contributed by atoms with Gasteiger partial charge in [-0.3, -0.25) is 4.57 Å². The summed E-state index contributed by atoms with van der Waals surface area (Å²) in [5, 5.41) is 9.80. The van der Waals surface area contributed by atoms with Crippen molar-refractivity contribution < 1.29 is 0 Å². The Morgan fingerprint density at radius 1 is 0.267 bits per heavy atom. The van der Waals surface area contributed by atoms with E-state index >= 15 is 0 Å². The lowest BCUT2D eigenvalue weighted by molar-refractivity contribution is 0.954. The molecule has 14 aromatic rings. The van der Waals surface area contributed by atoms with Crippen molar-refractivity contribution in [3.8, 4) is 56.7 Å². The molecule has 0 unspecified atom stereocenters. The second-order valence-electron chi connectivity index (χ2n) is 19.1. The minimum atomic E-state index is -2.93. The molecule has 3 heterocycles. The van der Waals surface area contributed by atoms with Gasteiger partial charge in [-0.2, -0.15) is 9.97 Å². The van der Waals surface area contributed by atoms with Crippen LogP contribution in [-0.4, -0.2) is 32.2 Å². The average Bonchev–Trinajstić information content (AvgIpc) is 4.03. The molecule has 0 amide bonds. The summed E-state index contributed by atoms with van der Waals surface area (Å²) in [6.07, 6.45) is 0. The van der Waals surface area contributed by atoms with E-state index in [2.05, 4.69) is 294 Å². The van der Waals surface area contributed by atoms with Crippen LogP contribution in [0.15, 0.2) is 285 Å². The maximum absolute atomic E-state index is 5.66. The topological polar surface area (TPSA) is 48.5 Å². The first-order chi connectivity index (χ1) is 37.2. The standard InChI is InChI=1S/C69H47N5Si/c1-6-24-48(25-7-1)56-39-23-40-57(49-26-8-2-9-27-49)66(56)68-70-67(50-28-22-35-55(46-50)75(52-29-10-3-11-30-52,53-31-12-4-13-32-53)54-33-14-5-15-34-54)71-69(72-68)74-64-43-21-18-38-60(64)61-47-51(44-45-65(61)74)73-62-41-19-16-36-58(62)59-37-17-20-42-63(59)73/h1-47H. The number of hydrogen-bond donors (Lipinski definition) is 0. The van der Waals surface area contributed by atoms with Gasteiger partial charge in [0.05, 0.1) is 22.1 Å². The van der Waals surface area contributed by atoms with Crippen molar-refractivity contribution in [1.29, 1.82) is 0 Å². The highest BCUT2D eigenvalue weighted by Crippen LogP contribution is 2.41. The third kappa shape index (κ3) is 7.33. The van der Waals surface area contributed by atoms with Gasteiger partial charge in [0.15, 0.2) is 19.7 Å². The molecule has 5 nitrogen and oxygen atoms in total. The molecule has 0 bridgehead atoms. The summed E-state index contributed by atoms with van der Waals surface area (Å²) in [5.41, 5.74) is 11.5. The molecular formula is C69H47N5Si. The Morgan fingerprint density at radius 3 is 1.20 bits per heavy atom. The SMILES string of the molecule is c1ccc(-c2cccc(-c3ccccc3)c2-c2nc(-c3cccc([Si](c4ccccc4)(c4ccccc4)c4ccccc4)c3)nc(-n3c4ccccc4c4cc(-n5c6ccccc6c6ccccc65)ccc43)n2)cc1. The molecule has 75 heavy (non-hydrogen) atoms. The van der Waals surface area contributed by atoms with Gasteiger partial charge in [0.1, 0.15) is 0 Å². The Morgan fingerprint density at radius 2 is 0.667 bits per heavy atom. The van der Waals surface area contributed by atoms with Crippen LogP contribution in [-0.2, 0) is 0 Å². The minimum absolute atomic E-state index is 0.538. The third-order valence-corrected chi connectivity index (χ3v) is 19.7. The summed E-state index contributed by atoms with van der Waals surface area (Å²) >= 11 is 0. The monoisotopic (exact) mass is 973 g/mol. The Labute approximate surface area is 436 Å². The molecule has 14 rings (SSSR count). The summed E-state index contributed by atoms with van der Waals surface area (Å²) in [6.45, 7) is 0. The number of hydrogen-bond acceptors (Lipinski definition) is 3. The van der Waals surface area contributed by atoms with Crippen LogP contribution in [0.3, 0.4) is 0 Å². The van der Waals surface area contributed by atoms with Gasteiger partial charge in [-0.05, 0) is 79.4 Å². The zero-order valence-corrected chi connectivity index (χ0v) is 41.9. The summed E-state index contributed by atoms with van der Waals surface area (Å²) in [5.74, 6) is 1.71. The van der Waals surface area contributed by atoms with Gasteiger partial charge < -0.3 is 4.57 Å². The van der Waals surface area contributed by atoms with E-state index in [1.54, 1.807) is 0 Å². The van der Waals surface area contributed by atoms with E-state index in [4.69, 9.17) is 15.0 Å². The van der Waals surface area contributed by atoms with Gasteiger partial charge in [-0.1, -0.05) is 249 Å². The molecular weight excluding hydrogens is 927 g/mol. The lowest BCUT2D eigenvalue weighted by atomic mass is 9.91. The van der Waals surface area contributed by atoms with Crippen molar-refractivity contribution >= 4 is 72.4 Å². The number of fused-ring (bicyclic) bond motifs is 6. The van der Waals surface area contributed by atoms with E-state index in [0.717, 1.165) is 60.9 Å². The van der Waals surface area contributed by atoms with E-state index in [1.807, 2.05) is 0 Å². The first kappa shape index (κ1) is 44.0. The molecule has 11 aromatic carbocycles. The van der Waals surface area contributed by atoms with Crippen molar-refractivity contribution in [2.24, 2.45) is 0 Å². The molecule has 0 saturated heterocycles. The van der Waals surface area contributed by atoms with Crippen LogP contribution < -0.4 is 20.7 Å². The van der Waals surface area contributed by atoms with Gasteiger partial charge >= 0.3 is 0 Å². The lowest BCUT2D eigenvalue weighted by Gasteiger charge is -2.34. The van der Waals surface area contributed by atoms with Crippen LogP contribution in [0.1, 0.15) is 0 Å². The van der Waals surface area contributed by atoms with Gasteiger partial charge in [0, 0.05) is 38.4 Å². The lowest BCUT2D eigenvalue weighted by Crippen LogP contribution is -2.74. The molecule has 0 N–H and O–H groups in total. The highest BCUT2D eigenvalue weighted by molar-refractivity contribution is 7.19. The van der Waals surface area contributed by atoms with Crippen LogP contribution in [0, 0.1) is 0 Å². The molecule has 3 aromatic heterocycles. The van der Waals surface area contributed by atoms with E-state index in [0.29, 0.717) is 17.6 Å². The molecule has 0 spiro atoms. The summed E-state index contributed by atoms with van der Waals surface area (Å²) in [6, 6.07) is 103. The fraction of sp³-hybridized carbons (Fsp3) is 0. The van der Waals surface area contributed by atoms with Crippen LogP contribution in [0.2, 0.25) is 0 Å². The van der Waals surface area contributed by atoms with Gasteiger partial charge in [0.2, 0.25) is 5.95 Å². The molecule has 0 aliphatic heterocycles. The second-order valence-corrected chi connectivity index (χ2v) is 22.9. The molecule has 0 saturated carbocycles. The maximum atomic E-state index is 5.66. The zero-order chi connectivity index (χ0) is 49.7. The molecule has 0 radical (unpaired) electrons. The highest BCUT2D eigenvalue weighted by Gasteiger charge is 2.41. The molecule has 0 atom stereocenters. The normalized spacial score (nSPS) is 11.7. The van der Waals surface area contributed by atoms with E-state index in [1.165, 1.54) is 42.6 Å². The van der Waals surface area contributed by atoms with Crippen molar-refractivity contribution in [2.45, 2.75) is 0 Å². The van der Waals surface area contributed by atoms with Crippen LogP contribution in [0.25, 0.3) is 100 Å². The number of rotatable bonds is 10. The largest absolute Gasteiger partial charge is 0.309 e. The van der Waals surface area contributed by atoms with Crippen LogP contribution in [0.4, 0.5) is 0 Å². The Bertz CT molecular complexity index is 4190. The Kier molecular flexibility index (Phi) is 10.8. The van der Waals surface area contributed by atoms with E-state index < -0.39 is 8.07 Å². The number of nitrogens with zero attached hydrogens (tertiary/aromatic N) is 5. The Hall–Kier alpha value is -9.75. The van der Waals surface area contributed by atoms with Gasteiger partial charge in [-0.25, -0.2) is 4.98 Å². The molecule has 0 fully saturated rings. The van der Waals surface area contributed by atoms with Crippen molar-refractivity contribution in [3.63, 3.8) is 0 Å². The number of aromatic nitrogens is 5. The third-order valence-electron chi connectivity index (χ3n) is 14.9. The van der Waals surface area contributed by atoms with Crippen molar-refractivity contribution in [3.05, 3.63) is 285 Å². The first-order valence-corrected chi connectivity index (χ1v) is 27.5. The van der Waals surface area contributed by atoms with E-state index in [9.17, 15) is 0 Å².